The lowest BCUT2D eigenvalue weighted by atomic mass is 10.1. The molecule has 2 aromatic rings. The van der Waals surface area contributed by atoms with Crippen molar-refractivity contribution in [3.05, 3.63) is 33.9 Å². The largest absolute Gasteiger partial charge is 0.368 e. The second kappa shape index (κ2) is 4.24. The molecule has 18 heavy (non-hydrogen) atoms. The molecule has 1 aromatic carbocycles. The summed E-state index contributed by atoms with van der Waals surface area (Å²) in [5.41, 5.74) is 11.9. The highest BCUT2D eigenvalue weighted by atomic mass is 16.6. The van der Waals surface area contributed by atoms with E-state index in [2.05, 4.69) is 15.0 Å². The van der Waals surface area contributed by atoms with Crippen LogP contribution in [0.25, 0.3) is 11.4 Å². The van der Waals surface area contributed by atoms with E-state index in [1.54, 1.807) is 19.1 Å². The maximum atomic E-state index is 10.9. The Morgan fingerprint density at radius 2 is 1.78 bits per heavy atom. The molecule has 0 saturated carbocycles. The van der Waals surface area contributed by atoms with Crippen LogP contribution in [0, 0.1) is 17.0 Å². The molecule has 0 aliphatic rings. The zero-order valence-corrected chi connectivity index (χ0v) is 9.49. The van der Waals surface area contributed by atoms with E-state index in [1.807, 2.05) is 0 Å². The molecule has 0 bridgehead atoms. The van der Waals surface area contributed by atoms with E-state index in [-0.39, 0.29) is 29.0 Å². The van der Waals surface area contributed by atoms with Crippen LogP contribution in [0.1, 0.15) is 5.56 Å². The lowest BCUT2D eigenvalue weighted by Crippen LogP contribution is -2.05. The SMILES string of the molecule is Cc1ccc([N+](=O)[O-])c(-c2nc(N)nc(N)n2)c1. The molecular formula is C10H10N6O2. The molecule has 4 N–H and O–H groups in total. The Labute approximate surface area is 102 Å². The first-order chi connectivity index (χ1) is 8.47. The predicted octanol–water partition coefficient (Wildman–Crippen LogP) is 0.920. The van der Waals surface area contributed by atoms with Crippen molar-refractivity contribution in [3.8, 4) is 11.4 Å². The van der Waals surface area contributed by atoms with Crippen molar-refractivity contribution in [2.45, 2.75) is 6.92 Å². The first-order valence-corrected chi connectivity index (χ1v) is 5.00. The van der Waals surface area contributed by atoms with E-state index in [9.17, 15) is 10.1 Å². The van der Waals surface area contributed by atoms with E-state index in [4.69, 9.17) is 11.5 Å². The molecule has 0 atom stereocenters. The third kappa shape index (κ3) is 2.17. The van der Waals surface area contributed by atoms with Gasteiger partial charge < -0.3 is 11.5 Å². The monoisotopic (exact) mass is 246 g/mol. The Hall–Kier alpha value is -2.77. The lowest BCUT2D eigenvalue weighted by molar-refractivity contribution is -0.384. The van der Waals surface area contributed by atoms with Gasteiger partial charge in [0.2, 0.25) is 11.9 Å². The number of nitro benzene ring substituents is 1. The van der Waals surface area contributed by atoms with Crippen LogP contribution in [0.3, 0.4) is 0 Å². The summed E-state index contributed by atoms with van der Waals surface area (Å²) in [7, 11) is 0. The van der Waals surface area contributed by atoms with Crippen LogP contribution in [-0.2, 0) is 0 Å². The van der Waals surface area contributed by atoms with Gasteiger partial charge in [0.1, 0.15) is 0 Å². The van der Waals surface area contributed by atoms with Crippen molar-refractivity contribution < 1.29 is 4.92 Å². The van der Waals surface area contributed by atoms with Crippen molar-refractivity contribution in [1.82, 2.24) is 15.0 Å². The van der Waals surface area contributed by atoms with Gasteiger partial charge in [-0.25, -0.2) is 0 Å². The minimum Gasteiger partial charge on any atom is -0.368 e. The highest BCUT2D eigenvalue weighted by Gasteiger charge is 2.18. The third-order valence-corrected chi connectivity index (χ3v) is 2.26. The molecule has 0 unspecified atom stereocenters. The number of aryl methyl sites for hydroxylation is 1. The summed E-state index contributed by atoms with van der Waals surface area (Å²) >= 11 is 0. The van der Waals surface area contributed by atoms with Crippen LogP contribution in [0.4, 0.5) is 17.6 Å². The van der Waals surface area contributed by atoms with Gasteiger partial charge in [0, 0.05) is 6.07 Å². The van der Waals surface area contributed by atoms with Gasteiger partial charge in [-0.3, -0.25) is 10.1 Å². The number of aromatic nitrogens is 3. The van der Waals surface area contributed by atoms with Crippen molar-refractivity contribution in [2.75, 3.05) is 11.5 Å². The molecule has 0 fully saturated rings. The number of nitrogens with zero attached hydrogens (tertiary/aromatic N) is 4. The summed E-state index contributed by atoms with van der Waals surface area (Å²) in [6.07, 6.45) is 0. The summed E-state index contributed by atoms with van der Waals surface area (Å²) in [5.74, 6) is -0.0583. The molecule has 0 saturated heterocycles. The minimum absolute atomic E-state index is 0.0756. The van der Waals surface area contributed by atoms with E-state index in [0.717, 1.165) is 5.56 Å². The fraction of sp³-hybridized carbons (Fsp3) is 0.100. The van der Waals surface area contributed by atoms with Gasteiger partial charge in [0.25, 0.3) is 5.69 Å². The Morgan fingerprint density at radius 1 is 1.17 bits per heavy atom. The van der Waals surface area contributed by atoms with Crippen LogP contribution in [0.5, 0.6) is 0 Å². The van der Waals surface area contributed by atoms with Gasteiger partial charge in [-0.2, -0.15) is 15.0 Å². The topological polar surface area (TPSA) is 134 Å². The molecule has 92 valence electrons. The number of hydrogen-bond acceptors (Lipinski definition) is 7. The van der Waals surface area contributed by atoms with E-state index in [0.29, 0.717) is 0 Å². The molecule has 2 rings (SSSR count). The van der Waals surface area contributed by atoms with Gasteiger partial charge >= 0.3 is 0 Å². The standard InChI is InChI=1S/C10H10N6O2/c1-5-2-3-7(16(17)18)6(4-5)8-13-9(11)15-10(12)14-8/h2-4H,1H3,(H4,11,12,13,14,15). The van der Waals surface area contributed by atoms with Gasteiger partial charge in [0.15, 0.2) is 5.82 Å². The van der Waals surface area contributed by atoms with Crippen LogP contribution < -0.4 is 11.5 Å². The summed E-state index contributed by atoms with van der Waals surface area (Å²) in [6.45, 7) is 1.81. The molecule has 0 aliphatic heterocycles. The molecule has 8 heteroatoms. The van der Waals surface area contributed by atoms with Gasteiger partial charge in [-0.15, -0.1) is 0 Å². The summed E-state index contributed by atoms with van der Waals surface area (Å²) in [4.78, 5) is 21.8. The fourth-order valence-electron chi connectivity index (χ4n) is 1.52. The number of nitro groups is 1. The number of rotatable bonds is 2. The first-order valence-electron chi connectivity index (χ1n) is 5.00. The molecule has 1 heterocycles. The summed E-state index contributed by atoms with van der Waals surface area (Å²) in [5, 5.41) is 10.9. The number of benzene rings is 1. The summed E-state index contributed by atoms with van der Waals surface area (Å²) in [6, 6.07) is 4.63. The molecule has 0 amide bonds. The van der Waals surface area contributed by atoms with Crippen LogP contribution in [-0.4, -0.2) is 19.9 Å². The Bertz CT molecular complexity index is 608. The number of nitrogens with two attached hydrogens (primary N) is 2. The molecule has 1 aromatic heterocycles. The zero-order chi connectivity index (χ0) is 13.3. The number of anilines is 2. The average Bonchev–Trinajstić information content (AvgIpc) is 2.27. The number of nitrogen functional groups attached to an aromatic ring is 2. The second-order valence-electron chi connectivity index (χ2n) is 3.65. The highest BCUT2D eigenvalue weighted by molar-refractivity contribution is 5.69. The number of hydrogen-bond donors (Lipinski definition) is 2. The summed E-state index contributed by atoms with van der Waals surface area (Å²) < 4.78 is 0. The van der Waals surface area contributed by atoms with E-state index in [1.165, 1.54) is 6.07 Å². The first kappa shape index (κ1) is 11.7. The van der Waals surface area contributed by atoms with Gasteiger partial charge in [-0.1, -0.05) is 6.07 Å². The fourth-order valence-corrected chi connectivity index (χ4v) is 1.52. The van der Waals surface area contributed by atoms with Crippen molar-refractivity contribution in [1.29, 1.82) is 0 Å². The predicted molar refractivity (Wildman–Crippen MR) is 65.5 cm³/mol. The second-order valence-corrected chi connectivity index (χ2v) is 3.65. The molecule has 0 spiro atoms. The van der Waals surface area contributed by atoms with Crippen molar-refractivity contribution in [2.24, 2.45) is 0 Å². The average molecular weight is 246 g/mol. The van der Waals surface area contributed by atoms with Gasteiger partial charge in [0.05, 0.1) is 10.5 Å². The molecule has 0 aliphatic carbocycles. The normalized spacial score (nSPS) is 10.3. The van der Waals surface area contributed by atoms with E-state index < -0.39 is 4.92 Å². The smallest absolute Gasteiger partial charge is 0.280 e. The van der Waals surface area contributed by atoms with Crippen LogP contribution in [0.2, 0.25) is 0 Å². The van der Waals surface area contributed by atoms with Crippen molar-refractivity contribution in [3.63, 3.8) is 0 Å². The highest BCUT2D eigenvalue weighted by Crippen LogP contribution is 2.28. The van der Waals surface area contributed by atoms with Crippen LogP contribution >= 0.6 is 0 Å². The molecule has 8 nitrogen and oxygen atoms in total. The van der Waals surface area contributed by atoms with Crippen LogP contribution in [0.15, 0.2) is 18.2 Å². The maximum Gasteiger partial charge on any atom is 0.280 e. The molecule has 0 radical (unpaired) electrons. The molecular weight excluding hydrogens is 236 g/mol. The lowest BCUT2D eigenvalue weighted by Gasteiger charge is -2.04. The Kier molecular flexibility index (Phi) is 2.76. The van der Waals surface area contributed by atoms with Gasteiger partial charge in [-0.05, 0) is 18.6 Å². The third-order valence-electron chi connectivity index (χ3n) is 2.26. The Balaban J connectivity index is 2.68. The zero-order valence-electron chi connectivity index (χ0n) is 9.49. The maximum absolute atomic E-state index is 10.9. The Morgan fingerprint density at radius 3 is 2.33 bits per heavy atom. The quantitative estimate of drug-likeness (QED) is 0.594. The minimum atomic E-state index is -0.509. The van der Waals surface area contributed by atoms with E-state index >= 15 is 0 Å². The van der Waals surface area contributed by atoms with Crippen molar-refractivity contribution >= 4 is 17.6 Å².